The van der Waals surface area contributed by atoms with Crippen LogP contribution in [-0.2, 0) is 9.53 Å². The standard InChI is InChI=1S/C6H8N4O4/c1-4(5(11)14-2)9-3-7-6(8-9)10(12)13/h3-4H,1-2H3/t4-/m0/s1. The number of carbonyl (C=O) groups excluding carboxylic acids is 1. The van der Waals surface area contributed by atoms with E-state index in [0.29, 0.717) is 0 Å². The molecule has 0 bridgehead atoms. The molecule has 0 spiro atoms. The Morgan fingerprint density at radius 2 is 2.43 bits per heavy atom. The maximum absolute atomic E-state index is 11.0. The summed E-state index contributed by atoms with van der Waals surface area (Å²) < 4.78 is 5.51. The summed E-state index contributed by atoms with van der Waals surface area (Å²) in [6, 6.07) is -0.721. The van der Waals surface area contributed by atoms with Crippen molar-refractivity contribution in [2.45, 2.75) is 13.0 Å². The van der Waals surface area contributed by atoms with Gasteiger partial charge in [0.15, 0.2) is 6.04 Å². The van der Waals surface area contributed by atoms with Crippen molar-refractivity contribution in [2.24, 2.45) is 0 Å². The van der Waals surface area contributed by atoms with Crippen molar-refractivity contribution < 1.29 is 14.5 Å². The lowest BCUT2D eigenvalue weighted by atomic mass is 10.4. The van der Waals surface area contributed by atoms with Crippen LogP contribution in [0.25, 0.3) is 0 Å². The van der Waals surface area contributed by atoms with E-state index in [1.54, 1.807) is 0 Å². The first-order chi connectivity index (χ1) is 6.56. The third kappa shape index (κ3) is 1.84. The summed E-state index contributed by atoms with van der Waals surface area (Å²) in [5, 5.41) is 13.7. The Bertz CT molecular complexity index is 360. The highest BCUT2D eigenvalue weighted by atomic mass is 16.6. The van der Waals surface area contributed by atoms with Gasteiger partial charge in [-0.05, 0) is 11.8 Å². The molecule has 1 heterocycles. The number of aromatic nitrogens is 3. The van der Waals surface area contributed by atoms with Gasteiger partial charge >= 0.3 is 11.9 Å². The molecule has 76 valence electrons. The topological polar surface area (TPSA) is 100 Å². The van der Waals surface area contributed by atoms with Crippen LogP contribution in [0.3, 0.4) is 0 Å². The Hall–Kier alpha value is -1.99. The number of nitro groups is 1. The van der Waals surface area contributed by atoms with Gasteiger partial charge in [0.05, 0.1) is 7.11 Å². The van der Waals surface area contributed by atoms with Crippen LogP contribution in [0.1, 0.15) is 13.0 Å². The van der Waals surface area contributed by atoms with Crippen LogP contribution in [0, 0.1) is 10.1 Å². The van der Waals surface area contributed by atoms with Crippen LogP contribution in [0.4, 0.5) is 5.95 Å². The van der Waals surface area contributed by atoms with Crippen molar-refractivity contribution in [2.75, 3.05) is 7.11 Å². The summed E-state index contributed by atoms with van der Waals surface area (Å²) in [6.07, 6.45) is 1.11. The smallest absolute Gasteiger partial charge is 0.467 e. The number of methoxy groups -OCH3 is 1. The SMILES string of the molecule is COC(=O)[C@H](C)n1cnc([N+](=O)[O-])n1. The largest absolute Gasteiger partial charge is 0.490 e. The molecule has 0 aliphatic carbocycles. The van der Waals surface area contributed by atoms with Gasteiger partial charge in [-0.15, -0.1) is 0 Å². The van der Waals surface area contributed by atoms with Gasteiger partial charge in [0.2, 0.25) is 6.33 Å². The second-order valence-corrected chi connectivity index (χ2v) is 2.48. The molecule has 1 aromatic rings. The Morgan fingerprint density at radius 1 is 1.79 bits per heavy atom. The molecule has 8 heteroatoms. The lowest BCUT2D eigenvalue weighted by Gasteiger charge is -2.04. The summed E-state index contributed by atoms with van der Waals surface area (Å²) in [7, 11) is 1.23. The zero-order valence-electron chi connectivity index (χ0n) is 7.58. The van der Waals surface area contributed by atoms with Crippen LogP contribution in [0.15, 0.2) is 6.33 Å². The minimum atomic E-state index is -0.736. The summed E-state index contributed by atoms with van der Waals surface area (Å²) in [4.78, 5) is 23.9. The zero-order valence-corrected chi connectivity index (χ0v) is 7.58. The number of rotatable bonds is 3. The number of esters is 1. The molecule has 0 unspecified atom stereocenters. The summed E-state index contributed by atoms with van der Waals surface area (Å²) in [5.41, 5.74) is 0. The van der Waals surface area contributed by atoms with E-state index >= 15 is 0 Å². The van der Waals surface area contributed by atoms with E-state index in [2.05, 4.69) is 14.8 Å². The minimum absolute atomic E-state index is 0.537. The van der Waals surface area contributed by atoms with E-state index < -0.39 is 22.9 Å². The van der Waals surface area contributed by atoms with Crippen LogP contribution in [-0.4, -0.2) is 32.8 Å². The lowest BCUT2D eigenvalue weighted by Crippen LogP contribution is -2.18. The van der Waals surface area contributed by atoms with Gasteiger partial charge in [-0.2, -0.15) is 4.68 Å². The predicted molar refractivity (Wildman–Crippen MR) is 43.4 cm³/mol. The van der Waals surface area contributed by atoms with Crippen molar-refractivity contribution in [3.05, 3.63) is 16.4 Å². The average molecular weight is 200 g/mol. The molecule has 0 saturated heterocycles. The van der Waals surface area contributed by atoms with Crippen molar-refractivity contribution >= 4 is 11.9 Å². The monoisotopic (exact) mass is 200 g/mol. The number of nitrogens with zero attached hydrogens (tertiary/aromatic N) is 4. The first-order valence-electron chi connectivity index (χ1n) is 3.69. The van der Waals surface area contributed by atoms with E-state index in [4.69, 9.17) is 0 Å². The summed E-state index contributed by atoms with van der Waals surface area (Å²) in [6.45, 7) is 1.50. The van der Waals surface area contributed by atoms with E-state index in [1.807, 2.05) is 0 Å². The van der Waals surface area contributed by atoms with Crippen LogP contribution >= 0.6 is 0 Å². The molecular weight excluding hydrogens is 192 g/mol. The molecule has 0 fully saturated rings. The Balaban J connectivity index is 2.86. The normalized spacial score (nSPS) is 12.1. The molecule has 0 radical (unpaired) electrons. The van der Waals surface area contributed by atoms with Gasteiger partial charge in [0.25, 0.3) is 0 Å². The van der Waals surface area contributed by atoms with Crippen LogP contribution < -0.4 is 0 Å². The van der Waals surface area contributed by atoms with E-state index in [9.17, 15) is 14.9 Å². The van der Waals surface area contributed by atoms with E-state index in [1.165, 1.54) is 14.0 Å². The fourth-order valence-corrected chi connectivity index (χ4v) is 0.815. The fraction of sp³-hybridized carbons (Fsp3) is 0.500. The highest BCUT2D eigenvalue weighted by Crippen LogP contribution is 2.08. The first kappa shape index (κ1) is 10.1. The molecule has 0 aromatic carbocycles. The van der Waals surface area contributed by atoms with E-state index in [-0.39, 0.29) is 0 Å². The summed E-state index contributed by atoms with van der Waals surface area (Å²) in [5.74, 6) is -1.08. The second kappa shape index (κ2) is 3.81. The Morgan fingerprint density at radius 3 is 2.86 bits per heavy atom. The van der Waals surface area contributed by atoms with Crippen molar-refractivity contribution in [3.63, 3.8) is 0 Å². The number of hydrogen-bond acceptors (Lipinski definition) is 6. The first-order valence-corrected chi connectivity index (χ1v) is 3.69. The van der Waals surface area contributed by atoms with Crippen LogP contribution in [0.2, 0.25) is 0 Å². The van der Waals surface area contributed by atoms with Crippen molar-refractivity contribution in [1.82, 2.24) is 14.8 Å². The van der Waals surface area contributed by atoms with E-state index in [0.717, 1.165) is 11.0 Å². The van der Waals surface area contributed by atoms with Gasteiger partial charge in [0, 0.05) is 5.10 Å². The average Bonchev–Trinajstić information content (AvgIpc) is 2.64. The molecule has 0 aliphatic rings. The van der Waals surface area contributed by atoms with Gasteiger partial charge in [0.1, 0.15) is 0 Å². The molecular formula is C6H8N4O4. The van der Waals surface area contributed by atoms with Gasteiger partial charge in [-0.25, -0.2) is 4.79 Å². The maximum Gasteiger partial charge on any atom is 0.490 e. The molecule has 1 aromatic heterocycles. The summed E-state index contributed by atoms with van der Waals surface area (Å²) >= 11 is 0. The van der Waals surface area contributed by atoms with Gasteiger partial charge in [-0.1, -0.05) is 4.98 Å². The van der Waals surface area contributed by atoms with Crippen LogP contribution in [0.5, 0.6) is 0 Å². The molecule has 0 aliphatic heterocycles. The quantitative estimate of drug-likeness (QED) is 0.384. The minimum Gasteiger partial charge on any atom is -0.467 e. The zero-order chi connectivity index (χ0) is 10.7. The van der Waals surface area contributed by atoms with Crippen molar-refractivity contribution in [1.29, 1.82) is 0 Å². The number of carbonyl (C=O) groups is 1. The molecule has 8 nitrogen and oxygen atoms in total. The third-order valence-electron chi connectivity index (χ3n) is 1.60. The highest BCUT2D eigenvalue weighted by Gasteiger charge is 2.22. The molecule has 1 rings (SSSR count). The lowest BCUT2D eigenvalue weighted by molar-refractivity contribution is -0.394. The molecule has 14 heavy (non-hydrogen) atoms. The number of hydrogen-bond donors (Lipinski definition) is 0. The second-order valence-electron chi connectivity index (χ2n) is 2.48. The Labute approximate surface area is 78.6 Å². The molecule has 0 amide bonds. The van der Waals surface area contributed by atoms with Gasteiger partial charge < -0.3 is 14.9 Å². The predicted octanol–water partition coefficient (Wildman–Crippen LogP) is -0.0797. The highest BCUT2D eigenvalue weighted by molar-refractivity contribution is 5.73. The molecule has 0 N–H and O–H groups in total. The maximum atomic E-state index is 11.0. The third-order valence-corrected chi connectivity index (χ3v) is 1.60. The number of ether oxygens (including phenoxy) is 1. The molecule has 0 saturated carbocycles. The Kier molecular flexibility index (Phi) is 2.75. The molecule has 1 atom stereocenters. The van der Waals surface area contributed by atoms with Gasteiger partial charge in [-0.3, -0.25) is 0 Å². The fourth-order valence-electron chi connectivity index (χ4n) is 0.815. The van der Waals surface area contributed by atoms with Crippen molar-refractivity contribution in [3.8, 4) is 0 Å².